The number of rotatable bonds is 15. The lowest BCUT2D eigenvalue weighted by Gasteiger charge is -2.41. The van der Waals surface area contributed by atoms with E-state index in [4.69, 9.17) is 4.74 Å². The van der Waals surface area contributed by atoms with Gasteiger partial charge in [0.05, 0.1) is 18.8 Å². The van der Waals surface area contributed by atoms with E-state index in [1.165, 1.54) is 82.7 Å². The average Bonchev–Trinajstić information content (AvgIpc) is 1.78. The fourth-order valence-corrected chi connectivity index (χ4v) is 12.9. The van der Waals surface area contributed by atoms with Crippen molar-refractivity contribution in [1.29, 1.82) is 0 Å². The molecule has 3 fully saturated rings. The zero-order valence-corrected chi connectivity index (χ0v) is 61.0. The first-order chi connectivity index (χ1) is 44.2. The molecule has 0 aromatic rings. The molecule has 12 amide bonds. The molecule has 0 aromatic heterocycles. The van der Waals surface area contributed by atoms with Crippen LogP contribution in [-0.4, -0.2) is 267 Å². The van der Waals surface area contributed by atoms with Crippen molar-refractivity contribution in [2.24, 2.45) is 35.5 Å². The lowest BCUT2D eigenvalue weighted by atomic mass is 9.91. The molecule has 3 heterocycles. The SMILES string of the molecule is C/C=C/C[C@@H](C)[C@@H](O)[C@H]1C(=O)N[C@@H](CC)C(=O)N2CC(OC(=O)N3CCCCC3)C[C@@H]2C(=O)N(C)C([C@@H](C)O)C(=O)N[C@@H](C(C)C)C(=O)N(C)[C@@H](CC(C)C)C(=O)N[C@@H](C)C(=O)N[C@H](C)C(=O)N(C)[C@@H](CC(C)C)C(=O)N(C)[C@@H](CC(C)C)C(=O)N(C)[C@@H](C(C)C)C(=O)N1C. The Morgan fingerprint density at radius 1 is 0.526 bits per heavy atom. The normalized spacial score (nSPS) is 28.7. The molecule has 27 nitrogen and oxygen atoms in total. The summed E-state index contributed by atoms with van der Waals surface area (Å²) in [7, 11) is 8.22. The van der Waals surface area contributed by atoms with Gasteiger partial charge in [-0.15, -0.1) is 0 Å². The van der Waals surface area contributed by atoms with Crippen molar-refractivity contribution in [2.45, 2.75) is 253 Å². The Morgan fingerprint density at radius 2 is 1.00 bits per heavy atom. The van der Waals surface area contributed by atoms with E-state index in [0.717, 1.165) is 38.9 Å². The monoisotopic (exact) mass is 1340 g/mol. The summed E-state index contributed by atoms with van der Waals surface area (Å²) in [5, 5.41) is 34.6. The number of carbonyl (C=O) groups excluding carboxylic acids is 12. The molecule has 3 rings (SSSR count). The minimum atomic E-state index is -1.72. The maximum Gasteiger partial charge on any atom is 0.410 e. The first-order valence-electron chi connectivity index (χ1n) is 34.2. The number of amides is 12. The molecule has 15 atom stereocenters. The van der Waals surface area contributed by atoms with E-state index in [1.54, 1.807) is 60.6 Å². The smallest absolute Gasteiger partial charge is 0.410 e. The van der Waals surface area contributed by atoms with Crippen molar-refractivity contribution < 1.29 is 72.5 Å². The third-order valence-corrected chi connectivity index (χ3v) is 18.7. The second-order valence-electron chi connectivity index (χ2n) is 28.7. The van der Waals surface area contributed by atoms with Crippen LogP contribution in [0, 0.1) is 35.5 Å². The molecule has 0 bridgehead atoms. The van der Waals surface area contributed by atoms with E-state index in [9.17, 15) is 39.0 Å². The minimum absolute atomic E-state index is 0.0909. The molecule has 540 valence electrons. The number of aliphatic hydroxyl groups is 2. The zero-order valence-electron chi connectivity index (χ0n) is 61.0. The highest BCUT2D eigenvalue weighted by atomic mass is 16.6. The summed E-state index contributed by atoms with van der Waals surface area (Å²) in [6.07, 6.45) is 1.19. The maximum absolute atomic E-state index is 15.4. The molecule has 95 heavy (non-hydrogen) atoms. The van der Waals surface area contributed by atoms with Crippen LogP contribution < -0.4 is 21.3 Å². The number of likely N-dealkylation sites (N-methyl/N-ethyl adjacent to an activating group) is 6. The van der Waals surface area contributed by atoms with Gasteiger partial charge < -0.3 is 75.4 Å². The molecule has 2 unspecified atom stereocenters. The third kappa shape index (κ3) is 21.5. The molecule has 3 aliphatic rings. The Hall–Kier alpha value is -6.90. The fourth-order valence-electron chi connectivity index (χ4n) is 12.9. The second kappa shape index (κ2) is 37.0. The molecule has 0 saturated carbocycles. The topological polar surface area (TPSA) is 329 Å². The lowest BCUT2D eigenvalue weighted by Crippen LogP contribution is -2.64. The Morgan fingerprint density at radius 3 is 1.49 bits per heavy atom. The largest absolute Gasteiger partial charge is 0.444 e. The number of aliphatic hydroxyl groups excluding tert-OH is 2. The predicted molar refractivity (Wildman–Crippen MR) is 359 cm³/mol. The van der Waals surface area contributed by atoms with Crippen molar-refractivity contribution >= 4 is 71.1 Å². The van der Waals surface area contributed by atoms with Gasteiger partial charge in [0.1, 0.15) is 72.6 Å². The fraction of sp³-hybridized carbons (Fsp3) is 0.794. The molecular weight excluding hydrogens is 1220 g/mol. The van der Waals surface area contributed by atoms with Crippen LogP contribution >= 0.6 is 0 Å². The van der Waals surface area contributed by atoms with Gasteiger partial charge in [0.25, 0.3) is 0 Å². The molecule has 3 aliphatic heterocycles. The van der Waals surface area contributed by atoms with E-state index in [-0.39, 0.29) is 62.8 Å². The number of hydrogen-bond donors (Lipinski definition) is 6. The molecule has 27 heteroatoms. The standard InChI is InChI=1S/C68H118N12O15/c1-23-25-29-42(13)56(82)55-60(86)71-47(24-2)62(88)80-36-46(95-68(94)79-30-27-26-28-31-79)35-51(80)65(91)77(21)54(45(16)81)59(85)72-52(40(9)10)66(92)73(17)48(32-37(3)4)58(84)69-43(14)57(83)70-44(15)61(87)74(18)49(33-38(5)6)63(89)75(19)50(34-39(7)8)64(90)76(20)53(41(11)12)67(93)78(55)22/h23,25,37-56,81-82H,24,26-36H2,1-22H3,(H,69,84)(H,70,83)(H,71,86)(H,72,85)/b25-23+/t42-,43+,44-,45-,46?,47+,48+,49+,50+,51-,52+,53+,54?,55+,56-/m1/s1. The Balaban J connectivity index is 2.39. The summed E-state index contributed by atoms with van der Waals surface area (Å²) in [5.74, 6) is -11.1. The number of allylic oxidation sites excluding steroid dienone is 2. The van der Waals surface area contributed by atoms with E-state index in [2.05, 4.69) is 21.3 Å². The maximum atomic E-state index is 15.4. The Kier molecular flexibility index (Phi) is 32.1. The van der Waals surface area contributed by atoms with Crippen molar-refractivity contribution in [2.75, 3.05) is 61.9 Å². The van der Waals surface area contributed by atoms with Crippen molar-refractivity contribution in [1.82, 2.24) is 60.5 Å². The van der Waals surface area contributed by atoms with Gasteiger partial charge in [0, 0.05) is 61.8 Å². The summed E-state index contributed by atoms with van der Waals surface area (Å²) < 4.78 is 6.01. The first kappa shape index (κ1) is 82.3. The van der Waals surface area contributed by atoms with E-state index in [1.807, 2.05) is 41.5 Å². The number of likely N-dealkylation sites (tertiary alicyclic amines) is 1. The number of fused-ring (bicyclic) bond motifs is 1. The van der Waals surface area contributed by atoms with E-state index >= 15 is 28.8 Å². The van der Waals surface area contributed by atoms with E-state index < -0.39 is 174 Å². The Labute approximate surface area is 564 Å². The molecule has 0 aromatic carbocycles. The number of nitrogens with zero attached hydrogens (tertiary/aromatic N) is 8. The van der Waals surface area contributed by atoms with Gasteiger partial charge in [-0.1, -0.05) is 95.2 Å². The van der Waals surface area contributed by atoms with Gasteiger partial charge in [0.2, 0.25) is 65.0 Å². The van der Waals surface area contributed by atoms with E-state index in [0.29, 0.717) is 13.1 Å². The quantitative estimate of drug-likeness (QED) is 0.128. The number of piperidine rings is 1. The van der Waals surface area contributed by atoms with Gasteiger partial charge in [-0.05, 0) is 115 Å². The van der Waals surface area contributed by atoms with Crippen molar-refractivity contribution in [3.8, 4) is 0 Å². The zero-order chi connectivity index (χ0) is 72.5. The van der Waals surface area contributed by atoms with Crippen LogP contribution in [-0.2, 0) is 57.5 Å². The first-order valence-corrected chi connectivity index (χ1v) is 34.2. The third-order valence-electron chi connectivity index (χ3n) is 18.7. The van der Waals surface area contributed by atoms with Crippen LogP contribution in [0.4, 0.5) is 4.79 Å². The number of hydrogen-bond acceptors (Lipinski definition) is 15. The van der Waals surface area contributed by atoms with Crippen molar-refractivity contribution in [3.05, 3.63) is 12.2 Å². The van der Waals surface area contributed by atoms with Crippen LogP contribution in [0.5, 0.6) is 0 Å². The van der Waals surface area contributed by atoms with Gasteiger partial charge in [-0.2, -0.15) is 0 Å². The summed E-state index contributed by atoms with van der Waals surface area (Å²) in [5.41, 5.74) is 0. The molecule has 3 saturated heterocycles. The molecular formula is C68H118N12O15. The average molecular weight is 1340 g/mol. The van der Waals surface area contributed by atoms with Crippen LogP contribution in [0.1, 0.15) is 169 Å². The summed E-state index contributed by atoms with van der Waals surface area (Å²) >= 11 is 0. The minimum Gasteiger partial charge on any atom is -0.444 e. The van der Waals surface area contributed by atoms with Crippen LogP contribution in [0.2, 0.25) is 0 Å². The predicted octanol–water partition coefficient (Wildman–Crippen LogP) is 2.74. The molecule has 0 radical (unpaired) electrons. The Bertz CT molecular complexity index is 2700. The van der Waals surface area contributed by atoms with Crippen LogP contribution in [0.3, 0.4) is 0 Å². The lowest BCUT2D eigenvalue weighted by molar-refractivity contribution is -0.157. The van der Waals surface area contributed by atoms with Gasteiger partial charge in [0.15, 0.2) is 0 Å². The molecule has 0 aliphatic carbocycles. The van der Waals surface area contributed by atoms with Crippen LogP contribution in [0.25, 0.3) is 0 Å². The molecule has 6 N–H and O–H groups in total. The highest BCUT2D eigenvalue weighted by Crippen LogP contribution is 2.29. The number of nitrogens with one attached hydrogen (secondary N) is 4. The number of carbonyl (C=O) groups is 12. The van der Waals surface area contributed by atoms with Crippen molar-refractivity contribution in [3.63, 3.8) is 0 Å². The highest BCUT2D eigenvalue weighted by Gasteiger charge is 2.50. The summed E-state index contributed by atoms with van der Waals surface area (Å²) in [6.45, 7) is 27.4. The van der Waals surface area contributed by atoms with Crippen LogP contribution in [0.15, 0.2) is 12.2 Å². The van der Waals surface area contributed by atoms with Gasteiger partial charge >= 0.3 is 6.09 Å². The summed E-state index contributed by atoms with van der Waals surface area (Å²) in [4.78, 5) is 187. The molecule has 0 spiro atoms. The second-order valence-corrected chi connectivity index (χ2v) is 28.7. The summed E-state index contributed by atoms with van der Waals surface area (Å²) in [6, 6.07) is -15.2. The van der Waals surface area contributed by atoms with Gasteiger partial charge in [-0.3, -0.25) is 52.7 Å². The highest BCUT2D eigenvalue weighted by molar-refractivity contribution is 6.00. The van der Waals surface area contributed by atoms with Gasteiger partial charge in [-0.25, -0.2) is 4.79 Å². The number of ether oxygens (including phenoxy) is 1.